The lowest BCUT2D eigenvalue weighted by molar-refractivity contribution is -0.150. The van der Waals surface area contributed by atoms with Gasteiger partial charge in [-0.15, -0.1) is 0 Å². The molecule has 0 radical (unpaired) electrons. The van der Waals surface area contributed by atoms with Crippen LogP contribution in [0.25, 0.3) is 0 Å². The Bertz CT molecular complexity index is 410. The van der Waals surface area contributed by atoms with Gasteiger partial charge in [-0.1, -0.05) is 110 Å². The first-order valence-corrected chi connectivity index (χ1v) is 13.4. The SMILES string of the molecule is C=C=COCCCCCCCC(=O)OC(CCCCCCCC)CCCCCCCC. The van der Waals surface area contributed by atoms with Crippen molar-refractivity contribution in [1.82, 2.24) is 0 Å². The second-order valence-corrected chi connectivity index (χ2v) is 8.94. The summed E-state index contributed by atoms with van der Waals surface area (Å²) in [4.78, 5) is 12.3. The fraction of sp³-hybridized carbons (Fsp3) is 0.857. The third-order valence-corrected chi connectivity index (χ3v) is 5.87. The standard InChI is InChI=1S/C28H52O3/c1-4-7-9-11-14-18-22-27(23-19-15-12-10-8-5-2)31-28(29)24-20-16-13-17-21-26-30-25-6-3/h25,27H,3-5,7-24,26H2,1-2H3. The molecule has 0 atom stereocenters. The topological polar surface area (TPSA) is 35.5 Å². The Kier molecular flexibility index (Phi) is 24.1. The molecule has 31 heavy (non-hydrogen) atoms. The molecule has 182 valence electrons. The van der Waals surface area contributed by atoms with Crippen LogP contribution in [0.4, 0.5) is 0 Å². The molecule has 0 saturated carbocycles. The molecule has 0 spiro atoms. The van der Waals surface area contributed by atoms with Crippen LogP contribution in [0.2, 0.25) is 0 Å². The maximum atomic E-state index is 12.3. The van der Waals surface area contributed by atoms with Gasteiger partial charge in [0.2, 0.25) is 0 Å². The molecular formula is C28H52O3. The van der Waals surface area contributed by atoms with E-state index in [1.807, 2.05) is 0 Å². The Balaban J connectivity index is 3.97. The minimum Gasteiger partial charge on any atom is -0.493 e. The summed E-state index contributed by atoms with van der Waals surface area (Å²) in [5.41, 5.74) is 2.61. The zero-order valence-electron chi connectivity index (χ0n) is 20.9. The highest BCUT2D eigenvalue weighted by atomic mass is 16.5. The highest BCUT2D eigenvalue weighted by Crippen LogP contribution is 2.18. The maximum Gasteiger partial charge on any atom is 0.306 e. The molecule has 0 N–H and O–H groups in total. The van der Waals surface area contributed by atoms with Gasteiger partial charge in [0, 0.05) is 6.42 Å². The normalized spacial score (nSPS) is 10.8. The van der Waals surface area contributed by atoms with Crippen LogP contribution in [0.15, 0.2) is 18.6 Å². The van der Waals surface area contributed by atoms with Crippen molar-refractivity contribution in [3.63, 3.8) is 0 Å². The molecule has 0 aliphatic rings. The molecular weight excluding hydrogens is 384 g/mol. The lowest BCUT2D eigenvalue weighted by Crippen LogP contribution is -2.18. The summed E-state index contributed by atoms with van der Waals surface area (Å²) in [5, 5.41) is 0. The van der Waals surface area contributed by atoms with Gasteiger partial charge in [-0.05, 0) is 38.5 Å². The third-order valence-electron chi connectivity index (χ3n) is 5.87. The van der Waals surface area contributed by atoms with Crippen molar-refractivity contribution < 1.29 is 14.3 Å². The summed E-state index contributed by atoms with van der Waals surface area (Å²) < 4.78 is 11.1. The fourth-order valence-electron chi connectivity index (χ4n) is 3.91. The van der Waals surface area contributed by atoms with Gasteiger partial charge in [0.15, 0.2) is 0 Å². The van der Waals surface area contributed by atoms with E-state index in [1.54, 1.807) is 0 Å². The van der Waals surface area contributed by atoms with Crippen LogP contribution in [0.1, 0.15) is 142 Å². The summed E-state index contributed by atoms with van der Waals surface area (Å²) in [6, 6.07) is 0. The van der Waals surface area contributed by atoms with Crippen molar-refractivity contribution in [3.8, 4) is 0 Å². The number of carbonyl (C=O) groups is 1. The quantitative estimate of drug-likeness (QED) is 0.0655. The number of ether oxygens (including phenoxy) is 2. The molecule has 3 heteroatoms. The Hall–Kier alpha value is -1.21. The molecule has 0 aromatic heterocycles. The minimum absolute atomic E-state index is 0.0152. The van der Waals surface area contributed by atoms with Gasteiger partial charge >= 0.3 is 5.97 Å². The average Bonchev–Trinajstić information content (AvgIpc) is 2.77. The minimum atomic E-state index is 0.0152. The molecule has 0 heterocycles. The lowest BCUT2D eigenvalue weighted by Gasteiger charge is -2.18. The van der Waals surface area contributed by atoms with Crippen molar-refractivity contribution in [2.45, 2.75) is 148 Å². The second kappa shape index (κ2) is 25.1. The molecule has 3 nitrogen and oxygen atoms in total. The second-order valence-electron chi connectivity index (χ2n) is 8.94. The van der Waals surface area contributed by atoms with E-state index in [4.69, 9.17) is 9.47 Å². The van der Waals surface area contributed by atoms with Gasteiger partial charge in [0.25, 0.3) is 0 Å². The van der Waals surface area contributed by atoms with Crippen LogP contribution in [0.3, 0.4) is 0 Å². The zero-order chi connectivity index (χ0) is 22.8. The van der Waals surface area contributed by atoms with E-state index in [-0.39, 0.29) is 12.1 Å². The van der Waals surface area contributed by atoms with Gasteiger partial charge in [-0.3, -0.25) is 4.79 Å². The molecule has 0 unspecified atom stereocenters. The highest BCUT2D eigenvalue weighted by Gasteiger charge is 2.14. The average molecular weight is 437 g/mol. The van der Waals surface area contributed by atoms with Crippen LogP contribution < -0.4 is 0 Å². The Morgan fingerprint density at radius 1 is 0.742 bits per heavy atom. The monoisotopic (exact) mass is 436 g/mol. The first-order chi connectivity index (χ1) is 15.2. The number of rotatable bonds is 24. The number of carbonyl (C=O) groups excluding carboxylic acids is 1. The summed E-state index contributed by atoms with van der Waals surface area (Å²) in [6.45, 7) is 8.71. The zero-order valence-corrected chi connectivity index (χ0v) is 20.9. The highest BCUT2D eigenvalue weighted by molar-refractivity contribution is 5.69. The van der Waals surface area contributed by atoms with E-state index >= 15 is 0 Å². The predicted molar refractivity (Wildman–Crippen MR) is 133 cm³/mol. The summed E-state index contributed by atoms with van der Waals surface area (Å²) in [7, 11) is 0. The van der Waals surface area contributed by atoms with E-state index in [1.165, 1.54) is 83.3 Å². The fourth-order valence-corrected chi connectivity index (χ4v) is 3.91. The van der Waals surface area contributed by atoms with Crippen molar-refractivity contribution in [2.24, 2.45) is 0 Å². The van der Waals surface area contributed by atoms with Crippen LogP contribution in [0, 0.1) is 0 Å². The molecule has 0 fully saturated rings. The molecule has 0 rings (SSSR count). The molecule has 0 amide bonds. The molecule has 0 bridgehead atoms. The Morgan fingerprint density at radius 3 is 1.77 bits per heavy atom. The number of hydrogen-bond acceptors (Lipinski definition) is 3. The van der Waals surface area contributed by atoms with Crippen LogP contribution in [-0.2, 0) is 14.3 Å². The predicted octanol–water partition coefficient (Wildman–Crippen LogP) is 9.06. The van der Waals surface area contributed by atoms with Gasteiger partial charge < -0.3 is 9.47 Å². The largest absolute Gasteiger partial charge is 0.493 e. The first-order valence-electron chi connectivity index (χ1n) is 13.4. The Morgan fingerprint density at radius 2 is 1.23 bits per heavy atom. The summed E-state index contributed by atoms with van der Waals surface area (Å²) >= 11 is 0. The number of unbranched alkanes of at least 4 members (excludes halogenated alkanes) is 14. The Labute approximate surface area is 194 Å². The molecule has 0 aliphatic heterocycles. The lowest BCUT2D eigenvalue weighted by atomic mass is 10.0. The smallest absolute Gasteiger partial charge is 0.306 e. The van der Waals surface area contributed by atoms with Crippen molar-refractivity contribution in [2.75, 3.05) is 6.61 Å². The van der Waals surface area contributed by atoms with Crippen molar-refractivity contribution >= 4 is 5.97 Å². The van der Waals surface area contributed by atoms with Gasteiger partial charge in [0.05, 0.1) is 6.61 Å². The van der Waals surface area contributed by atoms with Crippen molar-refractivity contribution in [1.29, 1.82) is 0 Å². The van der Waals surface area contributed by atoms with Gasteiger partial charge in [-0.25, -0.2) is 0 Å². The maximum absolute atomic E-state index is 12.3. The van der Waals surface area contributed by atoms with E-state index in [0.717, 1.165) is 51.6 Å². The van der Waals surface area contributed by atoms with E-state index in [2.05, 4.69) is 26.2 Å². The van der Waals surface area contributed by atoms with Gasteiger partial charge in [0.1, 0.15) is 12.4 Å². The van der Waals surface area contributed by atoms with Crippen LogP contribution in [0.5, 0.6) is 0 Å². The van der Waals surface area contributed by atoms with Gasteiger partial charge in [-0.2, -0.15) is 0 Å². The van der Waals surface area contributed by atoms with E-state index < -0.39 is 0 Å². The van der Waals surface area contributed by atoms with Crippen LogP contribution in [-0.4, -0.2) is 18.7 Å². The first kappa shape index (κ1) is 29.8. The molecule has 0 aliphatic carbocycles. The number of esters is 1. The molecule has 0 saturated heterocycles. The molecule has 0 aromatic carbocycles. The van der Waals surface area contributed by atoms with E-state index in [9.17, 15) is 4.79 Å². The van der Waals surface area contributed by atoms with E-state index in [0.29, 0.717) is 6.42 Å². The third kappa shape index (κ3) is 23.3. The summed E-state index contributed by atoms with van der Waals surface area (Å²) in [6.07, 6.45) is 25.2. The van der Waals surface area contributed by atoms with Crippen LogP contribution >= 0.6 is 0 Å². The summed E-state index contributed by atoms with van der Waals surface area (Å²) in [5.74, 6) is 0.0152. The van der Waals surface area contributed by atoms with Crippen molar-refractivity contribution in [3.05, 3.63) is 18.6 Å². The molecule has 0 aromatic rings. The number of hydrogen-bond donors (Lipinski definition) is 0.